The molecule has 1 fully saturated rings. The Balaban J connectivity index is 2.35. The molecule has 7 atom stereocenters. The minimum Gasteiger partial charge on any atom is -0.394 e. The van der Waals surface area contributed by atoms with Gasteiger partial charge in [0.25, 0.3) is 0 Å². The summed E-state index contributed by atoms with van der Waals surface area (Å²) >= 11 is 0. The van der Waals surface area contributed by atoms with Crippen LogP contribution in [0, 0.1) is 0 Å². The average Bonchev–Trinajstić information content (AvgIpc) is 3.29. The summed E-state index contributed by atoms with van der Waals surface area (Å²) < 4.78 is 11.2. The molecular formula is C55H97NO8. The number of nitrogens with one attached hydrogen (secondary N) is 1. The summed E-state index contributed by atoms with van der Waals surface area (Å²) in [6.07, 6.45) is 53.8. The van der Waals surface area contributed by atoms with Gasteiger partial charge in [-0.2, -0.15) is 0 Å². The van der Waals surface area contributed by atoms with Crippen LogP contribution in [0.4, 0.5) is 0 Å². The summed E-state index contributed by atoms with van der Waals surface area (Å²) in [5.74, 6) is -0.205. The van der Waals surface area contributed by atoms with E-state index in [0.717, 1.165) is 83.5 Å². The van der Waals surface area contributed by atoms with E-state index in [1.165, 1.54) is 109 Å². The molecule has 1 aliphatic heterocycles. The molecule has 1 amide bonds. The van der Waals surface area contributed by atoms with Crippen molar-refractivity contribution in [2.75, 3.05) is 13.2 Å². The molecule has 9 heteroatoms. The second kappa shape index (κ2) is 44.5. The third-order valence-electron chi connectivity index (χ3n) is 12.0. The monoisotopic (exact) mass is 900 g/mol. The maximum Gasteiger partial charge on any atom is 0.220 e. The molecule has 0 aliphatic carbocycles. The van der Waals surface area contributed by atoms with Crippen molar-refractivity contribution in [3.05, 3.63) is 72.9 Å². The fraction of sp³-hybridized carbons (Fsp3) is 0.764. The summed E-state index contributed by atoms with van der Waals surface area (Å²) in [6, 6.07) is -0.839. The zero-order valence-electron chi connectivity index (χ0n) is 40.8. The average molecular weight is 900 g/mol. The van der Waals surface area contributed by atoms with Crippen molar-refractivity contribution >= 4 is 5.91 Å². The van der Waals surface area contributed by atoms with Crippen LogP contribution in [-0.2, 0) is 14.3 Å². The predicted molar refractivity (Wildman–Crippen MR) is 267 cm³/mol. The summed E-state index contributed by atoms with van der Waals surface area (Å²) in [7, 11) is 0. The van der Waals surface area contributed by atoms with E-state index in [9.17, 15) is 30.3 Å². The molecule has 0 saturated carbocycles. The van der Waals surface area contributed by atoms with Gasteiger partial charge in [-0.15, -0.1) is 0 Å². The standard InChI is InChI=1S/C55H97NO8/c1-3-5-7-9-11-13-15-17-19-21-23-24-25-27-28-30-32-34-36-38-40-42-44-49(58)48(47-63-55-54(62)53(61)52(60)50(46-57)64-55)56-51(59)45-43-41-39-37-35-33-31-29-26-22-20-18-16-14-12-10-8-6-4-2/h12,14,18,20,26-29,34,36,42,44,48-50,52-55,57-58,60-62H,3-11,13,15-17,19,21-25,30-33,35,37-41,43,45-47H2,1-2H3,(H,56,59)/b14-12-,20-18-,28-27+,29-26-,36-34+,44-42+. The van der Waals surface area contributed by atoms with Crippen LogP contribution < -0.4 is 5.32 Å². The van der Waals surface area contributed by atoms with Crippen LogP contribution in [0.25, 0.3) is 0 Å². The van der Waals surface area contributed by atoms with Crippen LogP contribution in [0.3, 0.4) is 0 Å². The van der Waals surface area contributed by atoms with Crippen LogP contribution in [0.5, 0.6) is 0 Å². The van der Waals surface area contributed by atoms with Crippen LogP contribution in [0.2, 0.25) is 0 Å². The highest BCUT2D eigenvalue weighted by molar-refractivity contribution is 5.76. The summed E-state index contributed by atoms with van der Waals surface area (Å²) in [5.41, 5.74) is 0. The van der Waals surface area contributed by atoms with E-state index in [-0.39, 0.29) is 12.5 Å². The molecule has 0 aromatic rings. The molecule has 1 aliphatic rings. The van der Waals surface area contributed by atoms with Gasteiger partial charge in [0.2, 0.25) is 5.91 Å². The Morgan fingerprint density at radius 2 is 0.938 bits per heavy atom. The number of hydrogen-bond donors (Lipinski definition) is 6. The van der Waals surface area contributed by atoms with Crippen molar-refractivity contribution < 1.29 is 39.8 Å². The Labute approximate surface area is 391 Å². The minimum atomic E-state index is -1.58. The van der Waals surface area contributed by atoms with Gasteiger partial charge in [-0.25, -0.2) is 0 Å². The van der Waals surface area contributed by atoms with Gasteiger partial charge in [0.1, 0.15) is 24.4 Å². The number of rotatable bonds is 43. The number of aliphatic hydroxyl groups excluding tert-OH is 5. The second-order valence-corrected chi connectivity index (χ2v) is 17.9. The fourth-order valence-electron chi connectivity index (χ4n) is 7.78. The van der Waals surface area contributed by atoms with Gasteiger partial charge in [-0.3, -0.25) is 4.79 Å². The Morgan fingerprint density at radius 3 is 1.45 bits per heavy atom. The molecule has 0 bridgehead atoms. The first kappa shape index (κ1) is 59.6. The normalized spacial score (nSPS) is 20.6. The molecular weight excluding hydrogens is 803 g/mol. The molecule has 370 valence electrons. The zero-order valence-corrected chi connectivity index (χ0v) is 40.8. The number of hydrogen-bond acceptors (Lipinski definition) is 8. The maximum absolute atomic E-state index is 13.0. The van der Waals surface area contributed by atoms with Gasteiger partial charge in [0.15, 0.2) is 6.29 Å². The lowest BCUT2D eigenvalue weighted by atomic mass is 9.99. The van der Waals surface area contributed by atoms with Crippen LogP contribution in [0.15, 0.2) is 72.9 Å². The van der Waals surface area contributed by atoms with Crippen molar-refractivity contribution in [2.45, 2.75) is 256 Å². The van der Waals surface area contributed by atoms with E-state index in [2.05, 4.69) is 79.9 Å². The van der Waals surface area contributed by atoms with Gasteiger partial charge in [-0.05, 0) is 83.5 Å². The molecule has 9 nitrogen and oxygen atoms in total. The van der Waals surface area contributed by atoms with E-state index in [1.54, 1.807) is 6.08 Å². The predicted octanol–water partition coefficient (Wildman–Crippen LogP) is 12.1. The highest BCUT2D eigenvalue weighted by Gasteiger charge is 2.44. The molecule has 1 saturated heterocycles. The number of carbonyl (C=O) groups is 1. The van der Waals surface area contributed by atoms with Crippen LogP contribution >= 0.6 is 0 Å². The molecule has 0 spiro atoms. The quantitative estimate of drug-likeness (QED) is 0.0262. The van der Waals surface area contributed by atoms with Gasteiger partial charge >= 0.3 is 0 Å². The van der Waals surface area contributed by atoms with E-state index in [4.69, 9.17) is 9.47 Å². The number of carbonyl (C=O) groups excluding carboxylic acids is 1. The van der Waals surface area contributed by atoms with Gasteiger partial charge in [-0.1, -0.05) is 196 Å². The molecule has 7 unspecified atom stereocenters. The smallest absolute Gasteiger partial charge is 0.220 e. The van der Waals surface area contributed by atoms with Crippen molar-refractivity contribution in [1.29, 1.82) is 0 Å². The van der Waals surface area contributed by atoms with Crippen molar-refractivity contribution in [1.82, 2.24) is 5.32 Å². The number of unbranched alkanes of at least 4 members (excludes halogenated alkanes) is 23. The van der Waals surface area contributed by atoms with Gasteiger partial charge in [0.05, 0.1) is 25.4 Å². The Kier molecular flexibility index (Phi) is 41.4. The molecule has 6 N–H and O–H groups in total. The lowest BCUT2D eigenvalue weighted by molar-refractivity contribution is -0.302. The van der Waals surface area contributed by atoms with E-state index in [0.29, 0.717) is 6.42 Å². The lowest BCUT2D eigenvalue weighted by Gasteiger charge is -2.40. The van der Waals surface area contributed by atoms with Crippen molar-refractivity contribution in [3.8, 4) is 0 Å². The summed E-state index contributed by atoms with van der Waals surface area (Å²) in [5, 5.41) is 54.3. The first-order valence-electron chi connectivity index (χ1n) is 26.2. The fourth-order valence-corrected chi connectivity index (χ4v) is 7.78. The van der Waals surface area contributed by atoms with E-state index < -0.39 is 49.5 Å². The number of aliphatic hydroxyl groups is 5. The van der Waals surface area contributed by atoms with Gasteiger partial charge in [0, 0.05) is 6.42 Å². The molecule has 64 heavy (non-hydrogen) atoms. The maximum atomic E-state index is 13.0. The molecule has 1 rings (SSSR count). The highest BCUT2D eigenvalue weighted by Crippen LogP contribution is 2.22. The third-order valence-corrected chi connectivity index (χ3v) is 12.0. The van der Waals surface area contributed by atoms with E-state index in [1.807, 2.05) is 6.08 Å². The SMILES string of the molecule is CCCCC/C=C\C/C=C\C/C=C\CCCCCCCCC(=O)NC(COC1OC(CO)C(O)C(O)C1O)C(O)/C=C/CC/C=C/CC/C=C/CCCCCCCCCCCCCC. The molecule has 0 aromatic heterocycles. The highest BCUT2D eigenvalue weighted by atomic mass is 16.7. The van der Waals surface area contributed by atoms with Crippen molar-refractivity contribution in [3.63, 3.8) is 0 Å². The van der Waals surface area contributed by atoms with Gasteiger partial charge < -0.3 is 40.3 Å². The first-order chi connectivity index (χ1) is 31.3. The molecule has 1 heterocycles. The number of ether oxygens (including phenoxy) is 2. The lowest BCUT2D eigenvalue weighted by Crippen LogP contribution is -2.60. The second-order valence-electron chi connectivity index (χ2n) is 17.9. The molecule has 0 radical (unpaired) electrons. The number of allylic oxidation sites excluding steroid dienone is 11. The van der Waals surface area contributed by atoms with Crippen molar-refractivity contribution in [2.24, 2.45) is 0 Å². The Hall–Kier alpha value is -2.37. The van der Waals surface area contributed by atoms with Crippen LogP contribution in [-0.4, -0.2) is 87.5 Å². The summed E-state index contributed by atoms with van der Waals surface area (Å²) in [4.78, 5) is 13.0. The largest absolute Gasteiger partial charge is 0.394 e. The number of amides is 1. The third kappa shape index (κ3) is 34.0. The van der Waals surface area contributed by atoms with E-state index >= 15 is 0 Å². The zero-order chi connectivity index (χ0) is 46.6. The topological polar surface area (TPSA) is 149 Å². The van der Waals surface area contributed by atoms with Crippen LogP contribution in [0.1, 0.15) is 213 Å². The molecule has 0 aromatic carbocycles. The minimum absolute atomic E-state index is 0.205. The first-order valence-corrected chi connectivity index (χ1v) is 26.2. The summed E-state index contributed by atoms with van der Waals surface area (Å²) in [6.45, 7) is 3.72. The Bertz CT molecular complexity index is 1230. The Morgan fingerprint density at radius 1 is 0.531 bits per heavy atom.